The number of Topliss-reactive ketones (excluding diaryl/α,β-unsaturated/α-hetero) is 1. The summed E-state index contributed by atoms with van der Waals surface area (Å²) in [6.45, 7) is 0. The second-order valence-corrected chi connectivity index (χ2v) is 4.67. The van der Waals surface area contributed by atoms with Crippen molar-refractivity contribution in [1.29, 1.82) is 0 Å². The van der Waals surface area contributed by atoms with Gasteiger partial charge in [-0.25, -0.2) is 4.68 Å². The second-order valence-electron chi connectivity index (χ2n) is 3.92. The van der Waals surface area contributed by atoms with E-state index in [4.69, 9.17) is 5.73 Å². The minimum atomic E-state index is -0.0708. The minimum absolute atomic E-state index is 0.0145. The zero-order valence-corrected chi connectivity index (χ0v) is 10.1. The van der Waals surface area contributed by atoms with Crippen LogP contribution in [0.3, 0.4) is 0 Å². The van der Waals surface area contributed by atoms with Crippen LogP contribution < -0.4 is 5.73 Å². The normalized spacial score (nSPS) is 25.8. The Kier molecular flexibility index (Phi) is 2.88. The number of carbonyl (C=O) groups excluding carboxylic acids is 1. The van der Waals surface area contributed by atoms with Crippen molar-refractivity contribution in [2.75, 3.05) is 0 Å². The van der Waals surface area contributed by atoms with Crippen molar-refractivity contribution in [3.63, 3.8) is 0 Å². The van der Waals surface area contributed by atoms with E-state index in [2.05, 4.69) is 26.2 Å². The number of nitrogens with zero attached hydrogens (tertiary/aromatic N) is 3. The van der Waals surface area contributed by atoms with Crippen molar-refractivity contribution in [1.82, 2.24) is 15.0 Å². The van der Waals surface area contributed by atoms with E-state index < -0.39 is 0 Å². The molecule has 0 aromatic carbocycles. The van der Waals surface area contributed by atoms with E-state index in [9.17, 15) is 4.79 Å². The van der Waals surface area contributed by atoms with Crippen molar-refractivity contribution < 1.29 is 4.79 Å². The third kappa shape index (κ3) is 1.83. The molecule has 0 bridgehead atoms. The lowest BCUT2D eigenvalue weighted by Crippen LogP contribution is -2.31. The molecule has 5 nitrogen and oxygen atoms in total. The molecule has 6 heteroatoms. The van der Waals surface area contributed by atoms with Gasteiger partial charge in [-0.15, -0.1) is 5.10 Å². The smallest absolute Gasteiger partial charge is 0.188 e. The maximum Gasteiger partial charge on any atom is 0.188 e. The Morgan fingerprint density at radius 2 is 2.33 bits per heavy atom. The van der Waals surface area contributed by atoms with Crippen molar-refractivity contribution in [3.05, 3.63) is 10.3 Å². The van der Waals surface area contributed by atoms with Crippen LogP contribution in [-0.4, -0.2) is 26.8 Å². The van der Waals surface area contributed by atoms with E-state index in [1.165, 1.54) is 4.68 Å². The van der Waals surface area contributed by atoms with Crippen molar-refractivity contribution in [3.8, 4) is 0 Å². The maximum absolute atomic E-state index is 12.1. The molecule has 1 aliphatic rings. The first-order chi connectivity index (χ1) is 7.11. The van der Waals surface area contributed by atoms with Crippen LogP contribution in [-0.2, 0) is 7.05 Å². The molecular formula is C9H13BrN4O. The van der Waals surface area contributed by atoms with Crippen molar-refractivity contribution >= 4 is 21.7 Å². The average molecular weight is 273 g/mol. The molecule has 82 valence electrons. The highest BCUT2D eigenvalue weighted by Gasteiger charge is 2.33. The van der Waals surface area contributed by atoms with Crippen LogP contribution in [0.25, 0.3) is 0 Å². The number of halogens is 1. The molecule has 0 radical (unpaired) electrons. The molecule has 0 spiro atoms. The van der Waals surface area contributed by atoms with Gasteiger partial charge >= 0.3 is 0 Å². The van der Waals surface area contributed by atoms with Crippen LogP contribution in [0.15, 0.2) is 4.60 Å². The fraction of sp³-hybridized carbons (Fsp3) is 0.667. The topological polar surface area (TPSA) is 73.8 Å². The predicted molar refractivity (Wildman–Crippen MR) is 58.3 cm³/mol. The minimum Gasteiger partial charge on any atom is -0.327 e. The number of hydrogen-bond acceptors (Lipinski definition) is 4. The van der Waals surface area contributed by atoms with Crippen LogP contribution in [0.1, 0.15) is 29.8 Å². The molecule has 1 aromatic rings. The Morgan fingerprint density at radius 3 is 2.80 bits per heavy atom. The van der Waals surface area contributed by atoms with Gasteiger partial charge < -0.3 is 5.73 Å². The van der Waals surface area contributed by atoms with E-state index in [1.54, 1.807) is 7.05 Å². The third-order valence-corrected chi connectivity index (χ3v) is 3.46. The number of aryl methyl sites for hydroxylation is 1. The lowest BCUT2D eigenvalue weighted by molar-refractivity contribution is 0.0903. The van der Waals surface area contributed by atoms with Gasteiger partial charge in [0, 0.05) is 19.0 Å². The summed E-state index contributed by atoms with van der Waals surface area (Å²) in [6, 6.07) is -0.0145. The first-order valence-corrected chi connectivity index (χ1v) is 5.75. The van der Waals surface area contributed by atoms with E-state index in [1.807, 2.05) is 0 Å². The molecule has 1 heterocycles. The zero-order chi connectivity index (χ0) is 11.0. The summed E-state index contributed by atoms with van der Waals surface area (Å²) in [5.74, 6) is -0.0159. The van der Waals surface area contributed by atoms with E-state index in [0.717, 1.165) is 19.3 Å². The fourth-order valence-electron chi connectivity index (χ4n) is 2.08. The first-order valence-electron chi connectivity index (χ1n) is 4.96. The molecule has 2 atom stereocenters. The molecule has 0 amide bonds. The highest BCUT2D eigenvalue weighted by atomic mass is 79.9. The highest BCUT2D eigenvalue weighted by molar-refractivity contribution is 9.10. The Hall–Kier alpha value is -0.750. The summed E-state index contributed by atoms with van der Waals surface area (Å²) in [5, 5.41) is 7.59. The molecule has 1 fully saturated rings. The van der Waals surface area contributed by atoms with Crippen molar-refractivity contribution in [2.24, 2.45) is 18.7 Å². The van der Waals surface area contributed by atoms with E-state index in [-0.39, 0.29) is 17.7 Å². The number of rotatable bonds is 2. The van der Waals surface area contributed by atoms with Gasteiger partial charge in [-0.05, 0) is 28.8 Å². The Bertz CT molecular complexity index is 370. The zero-order valence-electron chi connectivity index (χ0n) is 8.48. The van der Waals surface area contributed by atoms with Gasteiger partial charge in [0.1, 0.15) is 5.69 Å². The summed E-state index contributed by atoms with van der Waals surface area (Å²) < 4.78 is 2.01. The van der Waals surface area contributed by atoms with E-state index >= 15 is 0 Å². The fourth-order valence-corrected chi connectivity index (χ4v) is 2.61. The predicted octanol–water partition coefficient (Wildman–Crippen LogP) is 0.888. The SMILES string of the molecule is Cn1nnc(Br)c1C(=O)C1CCCC1N. The first kappa shape index (κ1) is 10.8. The highest BCUT2D eigenvalue weighted by Crippen LogP contribution is 2.28. The third-order valence-electron chi connectivity index (χ3n) is 2.93. The van der Waals surface area contributed by atoms with Gasteiger partial charge in [0.15, 0.2) is 10.4 Å². The van der Waals surface area contributed by atoms with Crippen LogP contribution >= 0.6 is 15.9 Å². The number of nitrogens with two attached hydrogens (primary N) is 1. The average Bonchev–Trinajstić information content (AvgIpc) is 2.73. The summed E-state index contributed by atoms with van der Waals surface area (Å²) in [4.78, 5) is 12.1. The lowest BCUT2D eigenvalue weighted by Gasteiger charge is -2.13. The number of hydrogen-bond donors (Lipinski definition) is 1. The van der Waals surface area contributed by atoms with Crippen LogP contribution in [0.2, 0.25) is 0 Å². The lowest BCUT2D eigenvalue weighted by atomic mass is 9.97. The van der Waals surface area contributed by atoms with Gasteiger partial charge in [-0.3, -0.25) is 4.79 Å². The van der Waals surface area contributed by atoms with Gasteiger partial charge in [0.25, 0.3) is 0 Å². The van der Waals surface area contributed by atoms with E-state index in [0.29, 0.717) is 10.3 Å². The molecule has 2 rings (SSSR count). The van der Waals surface area contributed by atoms with Crippen LogP contribution in [0.4, 0.5) is 0 Å². The summed E-state index contributed by atoms with van der Waals surface area (Å²) >= 11 is 3.23. The molecule has 0 saturated heterocycles. The standard InChI is InChI=1S/C9H13BrN4O/c1-14-7(9(10)12-13-14)8(15)5-3-2-4-6(5)11/h5-6H,2-4,11H2,1H3. The number of carbonyl (C=O) groups is 1. The van der Waals surface area contributed by atoms with Gasteiger partial charge in [0.05, 0.1) is 0 Å². The number of aromatic nitrogens is 3. The quantitative estimate of drug-likeness (QED) is 0.812. The maximum atomic E-state index is 12.1. The van der Waals surface area contributed by atoms with Gasteiger partial charge in [-0.2, -0.15) is 0 Å². The second kappa shape index (κ2) is 4.02. The Labute approximate surface area is 96.1 Å². The molecule has 1 aliphatic carbocycles. The van der Waals surface area contributed by atoms with Gasteiger partial charge in [-0.1, -0.05) is 11.6 Å². The molecule has 1 saturated carbocycles. The summed E-state index contributed by atoms with van der Waals surface area (Å²) in [5.41, 5.74) is 6.43. The molecule has 2 unspecified atom stereocenters. The van der Waals surface area contributed by atoms with Gasteiger partial charge in [0.2, 0.25) is 0 Å². The molecule has 2 N–H and O–H groups in total. The largest absolute Gasteiger partial charge is 0.327 e. The molecule has 0 aliphatic heterocycles. The molecular weight excluding hydrogens is 260 g/mol. The number of ketones is 1. The summed E-state index contributed by atoms with van der Waals surface area (Å²) in [7, 11) is 1.71. The Balaban J connectivity index is 2.28. The summed E-state index contributed by atoms with van der Waals surface area (Å²) in [6.07, 6.45) is 2.83. The molecule has 1 aromatic heterocycles. The monoisotopic (exact) mass is 272 g/mol. The Morgan fingerprint density at radius 1 is 1.60 bits per heavy atom. The van der Waals surface area contributed by atoms with Crippen LogP contribution in [0.5, 0.6) is 0 Å². The molecule has 15 heavy (non-hydrogen) atoms. The van der Waals surface area contributed by atoms with Crippen molar-refractivity contribution in [2.45, 2.75) is 25.3 Å². The van der Waals surface area contributed by atoms with Crippen LogP contribution in [0, 0.1) is 5.92 Å².